The lowest BCUT2D eigenvalue weighted by atomic mass is 10.1. The van der Waals surface area contributed by atoms with Crippen LogP contribution in [-0.2, 0) is 18.4 Å². The van der Waals surface area contributed by atoms with E-state index in [1.165, 1.54) is 51.4 Å². The van der Waals surface area contributed by atoms with Crippen LogP contribution in [0.1, 0.15) is 123 Å². The van der Waals surface area contributed by atoms with Gasteiger partial charge in [-0.1, -0.05) is 132 Å². The Morgan fingerprint density at radius 1 is 0.773 bits per heavy atom. The van der Waals surface area contributed by atoms with E-state index < -0.39 is 20.0 Å². The molecule has 0 aliphatic rings. The van der Waals surface area contributed by atoms with Crippen molar-refractivity contribution in [3.63, 3.8) is 0 Å². The Labute approximate surface area is 268 Å². The molecular formula is C35H63N2O6P. The summed E-state index contributed by atoms with van der Waals surface area (Å²) in [6.45, 7) is 3.91. The molecule has 0 fully saturated rings. The van der Waals surface area contributed by atoms with Crippen molar-refractivity contribution in [2.24, 2.45) is 5.73 Å². The average Bonchev–Trinajstić information content (AvgIpc) is 3.01. The molecule has 0 heterocycles. The molecule has 44 heavy (non-hydrogen) atoms. The van der Waals surface area contributed by atoms with Crippen LogP contribution in [0.5, 0.6) is 0 Å². The number of carbonyl (C=O) groups is 1. The summed E-state index contributed by atoms with van der Waals surface area (Å²) in [4.78, 5) is 22.4. The Kier molecular flexibility index (Phi) is 29.9. The van der Waals surface area contributed by atoms with Crippen LogP contribution >= 0.6 is 7.82 Å². The number of rotatable bonds is 30. The highest BCUT2D eigenvalue weighted by molar-refractivity contribution is 7.47. The van der Waals surface area contributed by atoms with Crippen LogP contribution < -0.4 is 11.1 Å². The Morgan fingerprint density at radius 3 is 1.89 bits per heavy atom. The molecule has 0 saturated carbocycles. The third-order valence-electron chi connectivity index (χ3n) is 6.86. The number of carbonyl (C=O) groups excluding carboxylic acids is 1. The molecule has 1 amide bonds. The Morgan fingerprint density at radius 2 is 1.32 bits per heavy atom. The van der Waals surface area contributed by atoms with Gasteiger partial charge in [0.15, 0.2) is 0 Å². The zero-order chi connectivity index (χ0) is 32.6. The van der Waals surface area contributed by atoms with Crippen LogP contribution in [0.4, 0.5) is 0 Å². The number of aliphatic hydroxyl groups excluding tert-OH is 1. The van der Waals surface area contributed by atoms with E-state index in [-0.39, 0.29) is 32.1 Å². The molecule has 9 heteroatoms. The topological polar surface area (TPSA) is 131 Å². The van der Waals surface area contributed by atoms with Gasteiger partial charge in [-0.15, -0.1) is 0 Å². The summed E-state index contributed by atoms with van der Waals surface area (Å²) >= 11 is 0. The maximum absolute atomic E-state index is 12.6. The number of hydrogen-bond donors (Lipinski definition) is 4. The van der Waals surface area contributed by atoms with E-state index in [2.05, 4.69) is 55.6 Å². The van der Waals surface area contributed by atoms with Crippen LogP contribution in [0, 0.1) is 0 Å². The van der Waals surface area contributed by atoms with Crippen molar-refractivity contribution >= 4 is 13.7 Å². The van der Waals surface area contributed by atoms with Gasteiger partial charge in [-0.3, -0.25) is 13.8 Å². The van der Waals surface area contributed by atoms with Crippen molar-refractivity contribution in [2.75, 3.05) is 19.8 Å². The van der Waals surface area contributed by atoms with Gasteiger partial charge < -0.3 is 21.1 Å². The number of phosphoric ester groups is 1. The molecule has 3 unspecified atom stereocenters. The third kappa shape index (κ3) is 28.9. The normalized spacial score (nSPS) is 15.3. The van der Waals surface area contributed by atoms with Crippen LogP contribution in [0.25, 0.3) is 0 Å². The highest BCUT2D eigenvalue weighted by Gasteiger charge is 2.26. The predicted octanol–water partition coefficient (Wildman–Crippen LogP) is 8.38. The number of amides is 1. The lowest BCUT2D eigenvalue weighted by molar-refractivity contribution is -0.122. The number of nitrogens with one attached hydrogen (secondary N) is 1. The molecule has 8 nitrogen and oxygen atoms in total. The monoisotopic (exact) mass is 638 g/mol. The molecule has 254 valence electrons. The fourth-order valence-electron chi connectivity index (χ4n) is 4.32. The minimum Gasteiger partial charge on any atom is -0.387 e. The first-order chi connectivity index (χ1) is 21.4. The van der Waals surface area contributed by atoms with Crippen molar-refractivity contribution in [1.82, 2.24) is 5.32 Å². The second kappa shape index (κ2) is 31.2. The quantitative estimate of drug-likeness (QED) is 0.0353. The fourth-order valence-corrected chi connectivity index (χ4v) is 5.08. The minimum atomic E-state index is -4.35. The second-order valence-corrected chi connectivity index (χ2v) is 12.4. The van der Waals surface area contributed by atoms with Crippen LogP contribution in [0.3, 0.4) is 0 Å². The van der Waals surface area contributed by atoms with E-state index in [0.29, 0.717) is 6.42 Å². The summed E-state index contributed by atoms with van der Waals surface area (Å²) in [5.41, 5.74) is 5.33. The Bertz CT molecular complexity index is 871. The van der Waals surface area contributed by atoms with Gasteiger partial charge in [-0.05, 0) is 44.9 Å². The molecule has 0 saturated heterocycles. The summed E-state index contributed by atoms with van der Waals surface area (Å²) in [5.74, 6) is -0.279. The molecule has 0 aliphatic heterocycles. The van der Waals surface area contributed by atoms with Crippen molar-refractivity contribution < 1.29 is 28.4 Å². The highest BCUT2D eigenvalue weighted by atomic mass is 31.2. The van der Waals surface area contributed by atoms with E-state index in [1.54, 1.807) is 6.08 Å². The number of aliphatic hydroxyl groups is 1. The first-order valence-corrected chi connectivity index (χ1v) is 18.4. The molecule has 0 bridgehead atoms. The zero-order valence-corrected chi connectivity index (χ0v) is 28.5. The minimum absolute atomic E-state index is 0.0652. The molecular weight excluding hydrogens is 575 g/mol. The summed E-state index contributed by atoms with van der Waals surface area (Å²) in [7, 11) is -4.35. The smallest absolute Gasteiger partial charge is 0.387 e. The SMILES string of the molecule is CC/C=C\C/C=C\C/C=C\C/C=C\CCC(=O)NC(COP(=O)(O)OCCN)C(O)/C=C/CCCCCCCCCCCC. The van der Waals surface area contributed by atoms with Crippen molar-refractivity contribution in [2.45, 2.75) is 135 Å². The molecule has 0 aliphatic carbocycles. The third-order valence-corrected chi connectivity index (χ3v) is 7.85. The fraction of sp³-hybridized carbons (Fsp3) is 0.686. The molecule has 0 spiro atoms. The first-order valence-electron chi connectivity index (χ1n) is 16.9. The first kappa shape index (κ1) is 42.2. The number of hydrogen-bond acceptors (Lipinski definition) is 6. The molecule has 0 aromatic rings. The van der Waals surface area contributed by atoms with Crippen molar-refractivity contribution in [1.29, 1.82) is 0 Å². The number of allylic oxidation sites excluding steroid dienone is 9. The van der Waals surface area contributed by atoms with E-state index in [9.17, 15) is 19.4 Å². The van der Waals surface area contributed by atoms with Gasteiger partial charge in [0.2, 0.25) is 5.91 Å². The number of nitrogens with two attached hydrogens (primary N) is 1. The van der Waals surface area contributed by atoms with E-state index in [1.807, 2.05) is 18.2 Å². The highest BCUT2D eigenvalue weighted by Crippen LogP contribution is 2.43. The number of phosphoric acid groups is 1. The van der Waals surface area contributed by atoms with E-state index in [0.717, 1.165) is 44.9 Å². The maximum Gasteiger partial charge on any atom is 0.472 e. The van der Waals surface area contributed by atoms with Gasteiger partial charge >= 0.3 is 7.82 Å². The van der Waals surface area contributed by atoms with Crippen molar-refractivity contribution in [3.8, 4) is 0 Å². The molecule has 0 rings (SSSR count). The Balaban J connectivity index is 4.55. The summed E-state index contributed by atoms with van der Waals surface area (Å²) in [6.07, 6.45) is 37.1. The lowest BCUT2D eigenvalue weighted by Crippen LogP contribution is -2.45. The van der Waals surface area contributed by atoms with Crippen LogP contribution in [0.2, 0.25) is 0 Å². The molecule has 5 N–H and O–H groups in total. The van der Waals surface area contributed by atoms with Gasteiger partial charge in [0.1, 0.15) is 0 Å². The van der Waals surface area contributed by atoms with Gasteiger partial charge in [-0.2, -0.15) is 0 Å². The molecule has 0 radical (unpaired) electrons. The summed E-state index contributed by atoms with van der Waals surface area (Å²) < 4.78 is 21.9. The van der Waals surface area contributed by atoms with Crippen LogP contribution in [0.15, 0.2) is 60.8 Å². The zero-order valence-electron chi connectivity index (χ0n) is 27.6. The maximum atomic E-state index is 12.6. The van der Waals surface area contributed by atoms with Crippen LogP contribution in [-0.4, -0.2) is 47.8 Å². The Hall–Kier alpha value is -1.80. The molecule has 0 aromatic carbocycles. The predicted molar refractivity (Wildman–Crippen MR) is 184 cm³/mol. The van der Waals surface area contributed by atoms with Crippen molar-refractivity contribution in [3.05, 3.63) is 60.8 Å². The van der Waals surface area contributed by atoms with Gasteiger partial charge in [0, 0.05) is 13.0 Å². The average molecular weight is 639 g/mol. The molecule has 3 atom stereocenters. The van der Waals surface area contributed by atoms with Gasteiger partial charge in [-0.25, -0.2) is 4.57 Å². The second-order valence-electron chi connectivity index (χ2n) is 11.0. The van der Waals surface area contributed by atoms with E-state index >= 15 is 0 Å². The lowest BCUT2D eigenvalue weighted by Gasteiger charge is -2.23. The largest absolute Gasteiger partial charge is 0.472 e. The van der Waals surface area contributed by atoms with Gasteiger partial charge in [0.05, 0.1) is 25.4 Å². The summed E-state index contributed by atoms with van der Waals surface area (Å²) in [6, 6.07) is -0.897. The summed E-state index contributed by atoms with van der Waals surface area (Å²) in [5, 5.41) is 13.5. The standard InChI is InChI=1S/C35H63N2O6P/c1-3-5-7-9-11-13-15-17-19-21-23-25-27-29-35(39)37-33(32-43-44(40,41)42-31-30-36)34(38)28-26-24-22-20-18-16-14-12-10-8-6-4-2/h5,7,11,13,17,19,23,25-26,28,33-34,38H,3-4,6,8-10,12,14-16,18,20-22,24,27,29-32,36H2,1-2H3,(H,37,39)(H,40,41)/b7-5-,13-11-,19-17-,25-23-,28-26+. The molecule has 0 aromatic heterocycles. The number of unbranched alkanes of at least 4 members (excludes halogenated alkanes) is 10. The van der Waals surface area contributed by atoms with Gasteiger partial charge in [0.25, 0.3) is 0 Å². The van der Waals surface area contributed by atoms with E-state index in [4.69, 9.17) is 14.8 Å².